The van der Waals surface area contributed by atoms with Gasteiger partial charge in [0.05, 0.1) is 18.4 Å². The van der Waals surface area contributed by atoms with Crippen molar-refractivity contribution in [3.63, 3.8) is 0 Å². The summed E-state index contributed by atoms with van der Waals surface area (Å²) in [7, 11) is 1.95. The smallest absolute Gasteiger partial charge is 0.255 e. The quantitative estimate of drug-likeness (QED) is 0.905. The zero-order valence-electron chi connectivity index (χ0n) is 14.3. The fraction of sp³-hybridized carbons (Fsp3) is 0.500. The Morgan fingerprint density at radius 3 is 2.83 bits per heavy atom. The van der Waals surface area contributed by atoms with Crippen molar-refractivity contribution in [2.75, 3.05) is 26.2 Å². The van der Waals surface area contributed by atoms with Gasteiger partial charge in [-0.2, -0.15) is 0 Å². The molecule has 1 N–H and O–H groups in total. The summed E-state index contributed by atoms with van der Waals surface area (Å²) < 4.78 is 7.40. The summed E-state index contributed by atoms with van der Waals surface area (Å²) in [6, 6.07) is 5.87. The van der Waals surface area contributed by atoms with Crippen molar-refractivity contribution in [1.29, 1.82) is 0 Å². The highest BCUT2D eigenvalue weighted by Gasteiger charge is 2.30. The van der Waals surface area contributed by atoms with Crippen LogP contribution in [0.3, 0.4) is 0 Å². The van der Waals surface area contributed by atoms with Gasteiger partial charge in [-0.15, -0.1) is 0 Å². The predicted molar refractivity (Wildman–Crippen MR) is 90.7 cm³/mol. The highest BCUT2D eigenvalue weighted by atomic mass is 16.3. The van der Waals surface area contributed by atoms with Gasteiger partial charge in [0, 0.05) is 51.2 Å². The van der Waals surface area contributed by atoms with Gasteiger partial charge in [0.25, 0.3) is 5.91 Å². The van der Waals surface area contributed by atoms with Crippen molar-refractivity contribution in [1.82, 2.24) is 14.4 Å². The van der Waals surface area contributed by atoms with E-state index in [0.29, 0.717) is 26.1 Å². The van der Waals surface area contributed by atoms with Crippen LogP contribution in [0.15, 0.2) is 35.1 Å². The molecule has 6 nitrogen and oxygen atoms in total. The Balaban J connectivity index is 1.70. The first-order valence-electron chi connectivity index (χ1n) is 8.38. The van der Waals surface area contributed by atoms with Gasteiger partial charge < -0.3 is 19.0 Å². The Kier molecular flexibility index (Phi) is 5.06. The van der Waals surface area contributed by atoms with E-state index < -0.39 is 0 Å². The second kappa shape index (κ2) is 7.23. The SMILES string of the molecule is Cc1c(C(=O)N2CCN(Cc3ccco3)C(CCO)C2)ccn1C. The minimum atomic E-state index is 0.0775. The zero-order valence-corrected chi connectivity index (χ0v) is 14.3. The summed E-state index contributed by atoms with van der Waals surface area (Å²) in [5, 5.41) is 9.39. The molecule has 1 aliphatic rings. The number of aromatic nitrogens is 1. The lowest BCUT2D eigenvalue weighted by Crippen LogP contribution is -2.54. The molecule has 0 radical (unpaired) electrons. The largest absolute Gasteiger partial charge is 0.468 e. The van der Waals surface area contributed by atoms with Crippen LogP contribution in [0.2, 0.25) is 0 Å². The van der Waals surface area contributed by atoms with Crippen LogP contribution in [0.25, 0.3) is 0 Å². The average molecular weight is 331 g/mol. The van der Waals surface area contributed by atoms with E-state index in [1.807, 2.05) is 47.8 Å². The molecule has 1 unspecified atom stereocenters. The molecular formula is C18H25N3O3. The van der Waals surface area contributed by atoms with Gasteiger partial charge in [-0.25, -0.2) is 0 Å². The van der Waals surface area contributed by atoms with E-state index >= 15 is 0 Å². The Morgan fingerprint density at radius 2 is 2.21 bits per heavy atom. The van der Waals surface area contributed by atoms with E-state index in [2.05, 4.69) is 4.90 Å². The summed E-state index contributed by atoms with van der Waals surface area (Å²) in [5.74, 6) is 0.991. The van der Waals surface area contributed by atoms with Gasteiger partial charge in [-0.05, 0) is 31.5 Å². The second-order valence-electron chi connectivity index (χ2n) is 6.39. The predicted octanol–water partition coefficient (Wildman–Crippen LogP) is 1.64. The van der Waals surface area contributed by atoms with Gasteiger partial charge in [-0.3, -0.25) is 9.69 Å². The van der Waals surface area contributed by atoms with Crippen molar-refractivity contribution in [2.24, 2.45) is 7.05 Å². The molecule has 2 aromatic heterocycles. The third kappa shape index (κ3) is 3.39. The van der Waals surface area contributed by atoms with Crippen LogP contribution < -0.4 is 0 Å². The first kappa shape index (κ1) is 16.8. The van der Waals surface area contributed by atoms with E-state index in [1.54, 1.807) is 6.26 Å². The monoisotopic (exact) mass is 331 g/mol. The van der Waals surface area contributed by atoms with Crippen molar-refractivity contribution >= 4 is 5.91 Å². The first-order valence-corrected chi connectivity index (χ1v) is 8.38. The molecule has 3 heterocycles. The molecule has 3 rings (SSSR count). The molecule has 1 amide bonds. The van der Waals surface area contributed by atoms with E-state index in [9.17, 15) is 9.90 Å². The summed E-state index contributed by atoms with van der Waals surface area (Å²) in [6.07, 6.45) is 4.24. The highest BCUT2D eigenvalue weighted by Crippen LogP contribution is 2.20. The fourth-order valence-electron chi connectivity index (χ4n) is 3.32. The van der Waals surface area contributed by atoms with E-state index in [-0.39, 0.29) is 18.6 Å². The third-order valence-corrected chi connectivity index (χ3v) is 4.91. The van der Waals surface area contributed by atoms with Crippen LogP contribution in [-0.4, -0.2) is 57.7 Å². The Labute approximate surface area is 142 Å². The van der Waals surface area contributed by atoms with Crippen LogP contribution in [0.1, 0.15) is 28.2 Å². The molecule has 0 aliphatic carbocycles. The molecule has 1 saturated heterocycles. The maximum Gasteiger partial charge on any atom is 0.255 e. The van der Waals surface area contributed by atoms with Gasteiger partial charge in [0.1, 0.15) is 5.76 Å². The molecule has 6 heteroatoms. The lowest BCUT2D eigenvalue weighted by Gasteiger charge is -2.41. The number of aliphatic hydroxyl groups is 1. The van der Waals surface area contributed by atoms with Crippen LogP contribution in [0, 0.1) is 6.92 Å². The number of hydrogen-bond donors (Lipinski definition) is 1. The molecule has 2 aromatic rings. The number of amides is 1. The normalized spacial score (nSPS) is 19.0. The lowest BCUT2D eigenvalue weighted by atomic mass is 10.1. The molecule has 1 fully saturated rings. The van der Waals surface area contributed by atoms with Crippen LogP contribution >= 0.6 is 0 Å². The summed E-state index contributed by atoms with van der Waals surface area (Å²) in [6.45, 7) is 4.90. The van der Waals surface area contributed by atoms with E-state index in [4.69, 9.17) is 4.42 Å². The number of aryl methyl sites for hydroxylation is 1. The topological polar surface area (TPSA) is 61.9 Å². The number of hydrogen-bond acceptors (Lipinski definition) is 4. The average Bonchev–Trinajstić information content (AvgIpc) is 3.20. The van der Waals surface area contributed by atoms with Crippen LogP contribution in [-0.2, 0) is 13.6 Å². The van der Waals surface area contributed by atoms with Crippen molar-refractivity contribution in [3.05, 3.63) is 47.7 Å². The minimum Gasteiger partial charge on any atom is -0.468 e. The molecule has 0 aromatic carbocycles. The number of carbonyl (C=O) groups excluding carboxylic acids is 1. The highest BCUT2D eigenvalue weighted by molar-refractivity contribution is 5.95. The van der Waals surface area contributed by atoms with Crippen molar-refractivity contribution in [3.8, 4) is 0 Å². The number of carbonyl (C=O) groups is 1. The molecule has 1 aliphatic heterocycles. The number of aliphatic hydroxyl groups excluding tert-OH is 1. The molecule has 0 spiro atoms. The van der Waals surface area contributed by atoms with Crippen LogP contribution in [0.4, 0.5) is 0 Å². The van der Waals surface area contributed by atoms with Crippen LogP contribution in [0.5, 0.6) is 0 Å². The number of rotatable bonds is 5. The van der Waals surface area contributed by atoms with Crippen molar-refractivity contribution < 1.29 is 14.3 Å². The molecule has 0 saturated carbocycles. The molecular weight excluding hydrogens is 306 g/mol. The Morgan fingerprint density at radius 1 is 1.38 bits per heavy atom. The van der Waals surface area contributed by atoms with Gasteiger partial charge in [0.2, 0.25) is 0 Å². The zero-order chi connectivity index (χ0) is 17.1. The Hall–Kier alpha value is -2.05. The van der Waals surface area contributed by atoms with Gasteiger partial charge in [0.15, 0.2) is 0 Å². The molecule has 130 valence electrons. The van der Waals surface area contributed by atoms with Gasteiger partial charge in [-0.1, -0.05) is 0 Å². The Bertz CT molecular complexity index is 678. The molecule has 0 bridgehead atoms. The minimum absolute atomic E-state index is 0.0775. The third-order valence-electron chi connectivity index (χ3n) is 4.91. The number of piperazine rings is 1. The second-order valence-corrected chi connectivity index (χ2v) is 6.39. The molecule has 24 heavy (non-hydrogen) atoms. The standard InChI is InChI=1S/C18H25N3O3/c1-14-17(5-7-19(14)2)18(23)21-9-8-20(15(12-21)6-10-22)13-16-4-3-11-24-16/h3-5,7,11,15,22H,6,8-10,12-13H2,1-2H3. The maximum absolute atomic E-state index is 12.8. The number of nitrogens with zero attached hydrogens (tertiary/aromatic N) is 3. The summed E-state index contributed by atoms with van der Waals surface area (Å²) in [5.41, 5.74) is 1.75. The summed E-state index contributed by atoms with van der Waals surface area (Å²) >= 11 is 0. The fourth-order valence-corrected chi connectivity index (χ4v) is 3.32. The first-order chi connectivity index (χ1) is 11.6. The lowest BCUT2D eigenvalue weighted by molar-refractivity contribution is 0.0372. The number of furan rings is 1. The van der Waals surface area contributed by atoms with Gasteiger partial charge >= 0.3 is 0 Å². The molecule has 1 atom stereocenters. The maximum atomic E-state index is 12.8. The van der Waals surface area contributed by atoms with E-state index in [0.717, 1.165) is 23.6 Å². The van der Waals surface area contributed by atoms with E-state index in [1.165, 1.54) is 0 Å². The summed E-state index contributed by atoms with van der Waals surface area (Å²) in [4.78, 5) is 17.0. The van der Waals surface area contributed by atoms with Crippen molar-refractivity contribution in [2.45, 2.75) is 25.9 Å².